The molecule has 1 heterocycles. The van der Waals surface area contributed by atoms with E-state index in [0.717, 1.165) is 22.6 Å². The summed E-state index contributed by atoms with van der Waals surface area (Å²) in [6, 6.07) is 6.73. The van der Waals surface area contributed by atoms with Gasteiger partial charge in [0.15, 0.2) is 0 Å². The first kappa shape index (κ1) is 14.2. The summed E-state index contributed by atoms with van der Waals surface area (Å²) in [5.74, 6) is -0.891. The van der Waals surface area contributed by atoms with Gasteiger partial charge in [-0.3, -0.25) is 19.3 Å². The van der Waals surface area contributed by atoms with Crippen LogP contribution in [0.4, 0.5) is 5.69 Å². The zero-order chi connectivity index (χ0) is 14.7. The summed E-state index contributed by atoms with van der Waals surface area (Å²) in [4.78, 5) is 36.5. The zero-order valence-electron chi connectivity index (χ0n) is 11.7. The van der Waals surface area contributed by atoms with E-state index in [1.807, 2.05) is 31.2 Å². The highest BCUT2D eigenvalue weighted by atomic mass is 16.2. The minimum absolute atomic E-state index is 0.196. The molecule has 0 radical (unpaired) electrons. The average molecular weight is 274 g/mol. The molecule has 106 valence electrons. The van der Waals surface area contributed by atoms with Crippen LogP contribution in [-0.4, -0.2) is 28.7 Å². The summed E-state index contributed by atoms with van der Waals surface area (Å²) in [7, 11) is 0. The molecule has 0 aliphatic carbocycles. The van der Waals surface area contributed by atoms with Crippen LogP contribution in [0.5, 0.6) is 0 Å². The van der Waals surface area contributed by atoms with Crippen molar-refractivity contribution in [1.29, 1.82) is 0 Å². The molecule has 20 heavy (non-hydrogen) atoms. The number of hydrogen-bond acceptors (Lipinski definition) is 3. The monoisotopic (exact) mass is 274 g/mol. The Morgan fingerprint density at radius 3 is 2.45 bits per heavy atom. The maximum atomic E-state index is 12.2. The predicted molar refractivity (Wildman–Crippen MR) is 75.0 cm³/mol. The van der Waals surface area contributed by atoms with Crippen LogP contribution in [0.3, 0.4) is 0 Å². The number of rotatable bonds is 4. The van der Waals surface area contributed by atoms with Gasteiger partial charge in [0.2, 0.25) is 17.7 Å². The number of likely N-dealkylation sites (tertiary alicyclic amines) is 1. The second-order valence-corrected chi connectivity index (χ2v) is 4.83. The molecule has 3 amide bonds. The van der Waals surface area contributed by atoms with Crippen LogP contribution < -0.4 is 5.32 Å². The van der Waals surface area contributed by atoms with E-state index in [1.165, 1.54) is 0 Å². The van der Waals surface area contributed by atoms with E-state index in [9.17, 15) is 14.4 Å². The number of imide groups is 1. The molecule has 0 bridgehead atoms. The van der Waals surface area contributed by atoms with Crippen molar-refractivity contribution in [2.24, 2.45) is 0 Å². The lowest BCUT2D eigenvalue weighted by atomic mass is 10.1. The first-order valence-electron chi connectivity index (χ1n) is 6.78. The first-order chi connectivity index (χ1) is 9.54. The SMILES string of the molecule is CCc1ccccc1NC(=O)[C@H](C)N1C(=O)CCC1=O. The van der Waals surface area contributed by atoms with E-state index < -0.39 is 6.04 Å². The van der Waals surface area contributed by atoms with Crippen molar-refractivity contribution in [1.82, 2.24) is 4.90 Å². The Kier molecular flexibility index (Phi) is 4.17. The molecule has 0 spiro atoms. The molecule has 1 aliphatic heterocycles. The van der Waals surface area contributed by atoms with Crippen LogP contribution in [-0.2, 0) is 20.8 Å². The van der Waals surface area contributed by atoms with Crippen molar-refractivity contribution >= 4 is 23.4 Å². The minimum Gasteiger partial charge on any atom is -0.324 e. The Labute approximate surface area is 118 Å². The molecule has 1 atom stereocenters. The lowest BCUT2D eigenvalue weighted by molar-refractivity contribution is -0.144. The van der Waals surface area contributed by atoms with Crippen molar-refractivity contribution in [3.8, 4) is 0 Å². The third kappa shape index (κ3) is 2.71. The van der Waals surface area contributed by atoms with Gasteiger partial charge in [-0.2, -0.15) is 0 Å². The lowest BCUT2D eigenvalue weighted by Gasteiger charge is -2.22. The van der Waals surface area contributed by atoms with Crippen molar-refractivity contribution in [3.05, 3.63) is 29.8 Å². The lowest BCUT2D eigenvalue weighted by Crippen LogP contribution is -2.45. The molecule has 5 heteroatoms. The standard InChI is InChI=1S/C15H18N2O3/c1-3-11-6-4-5-7-12(11)16-15(20)10(2)17-13(18)8-9-14(17)19/h4-7,10H,3,8-9H2,1-2H3,(H,16,20)/t10-/m0/s1. The Morgan fingerprint density at radius 1 is 1.25 bits per heavy atom. The number of hydrogen-bond donors (Lipinski definition) is 1. The number of para-hydroxylation sites is 1. The van der Waals surface area contributed by atoms with E-state index in [-0.39, 0.29) is 30.6 Å². The Balaban J connectivity index is 2.12. The molecule has 5 nitrogen and oxygen atoms in total. The zero-order valence-corrected chi connectivity index (χ0v) is 11.7. The van der Waals surface area contributed by atoms with Crippen LogP contribution in [0, 0.1) is 0 Å². The minimum atomic E-state index is -0.776. The van der Waals surface area contributed by atoms with Crippen LogP contribution in [0.2, 0.25) is 0 Å². The maximum Gasteiger partial charge on any atom is 0.247 e. The van der Waals surface area contributed by atoms with E-state index in [0.29, 0.717) is 0 Å². The number of nitrogens with one attached hydrogen (secondary N) is 1. The normalized spacial score (nSPS) is 16.4. The fourth-order valence-electron chi connectivity index (χ4n) is 2.33. The van der Waals surface area contributed by atoms with Crippen LogP contribution in [0.1, 0.15) is 32.3 Å². The highest BCUT2D eigenvalue weighted by molar-refractivity contribution is 6.07. The molecule has 2 rings (SSSR count). The van der Waals surface area contributed by atoms with Crippen molar-refractivity contribution in [3.63, 3.8) is 0 Å². The highest BCUT2D eigenvalue weighted by Crippen LogP contribution is 2.19. The van der Waals surface area contributed by atoms with Gasteiger partial charge in [-0.1, -0.05) is 25.1 Å². The topological polar surface area (TPSA) is 66.5 Å². The Bertz CT molecular complexity index is 538. The van der Waals surface area contributed by atoms with Gasteiger partial charge in [-0.25, -0.2) is 0 Å². The van der Waals surface area contributed by atoms with Gasteiger partial charge in [0.1, 0.15) is 6.04 Å². The number of amides is 3. The van der Waals surface area contributed by atoms with E-state index in [1.54, 1.807) is 6.92 Å². The summed E-state index contributed by atoms with van der Waals surface area (Å²) < 4.78 is 0. The van der Waals surface area contributed by atoms with Crippen LogP contribution in [0.25, 0.3) is 0 Å². The van der Waals surface area contributed by atoms with Crippen molar-refractivity contribution < 1.29 is 14.4 Å². The number of nitrogens with zero attached hydrogens (tertiary/aromatic N) is 1. The smallest absolute Gasteiger partial charge is 0.247 e. The summed E-state index contributed by atoms with van der Waals surface area (Å²) in [6.07, 6.45) is 1.19. The van der Waals surface area contributed by atoms with Gasteiger partial charge in [0, 0.05) is 18.5 Å². The molecule has 1 saturated heterocycles. The van der Waals surface area contributed by atoms with Gasteiger partial charge in [0.05, 0.1) is 0 Å². The molecular weight excluding hydrogens is 256 g/mol. The molecule has 1 fully saturated rings. The number of aryl methyl sites for hydroxylation is 1. The Hall–Kier alpha value is -2.17. The van der Waals surface area contributed by atoms with Gasteiger partial charge >= 0.3 is 0 Å². The molecule has 0 saturated carbocycles. The molecule has 1 aliphatic rings. The third-order valence-corrected chi connectivity index (χ3v) is 3.51. The molecule has 1 N–H and O–H groups in total. The van der Waals surface area contributed by atoms with E-state index in [2.05, 4.69) is 5.32 Å². The van der Waals surface area contributed by atoms with Crippen LogP contribution in [0.15, 0.2) is 24.3 Å². The van der Waals surface area contributed by atoms with Crippen LogP contribution >= 0.6 is 0 Å². The van der Waals surface area contributed by atoms with Crippen molar-refractivity contribution in [2.45, 2.75) is 39.2 Å². The molecule has 1 aromatic rings. The maximum absolute atomic E-state index is 12.2. The second-order valence-electron chi connectivity index (χ2n) is 4.83. The molecule has 1 aromatic carbocycles. The number of carbonyl (C=O) groups is 3. The third-order valence-electron chi connectivity index (χ3n) is 3.51. The number of benzene rings is 1. The first-order valence-corrected chi connectivity index (χ1v) is 6.78. The van der Waals surface area contributed by atoms with Gasteiger partial charge in [-0.05, 0) is 25.0 Å². The fourth-order valence-corrected chi connectivity index (χ4v) is 2.33. The quantitative estimate of drug-likeness (QED) is 0.850. The largest absolute Gasteiger partial charge is 0.324 e. The van der Waals surface area contributed by atoms with E-state index >= 15 is 0 Å². The van der Waals surface area contributed by atoms with E-state index in [4.69, 9.17) is 0 Å². The van der Waals surface area contributed by atoms with Gasteiger partial charge in [-0.15, -0.1) is 0 Å². The Morgan fingerprint density at radius 2 is 1.85 bits per heavy atom. The van der Waals surface area contributed by atoms with Gasteiger partial charge < -0.3 is 5.32 Å². The summed E-state index contributed by atoms with van der Waals surface area (Å²) in [6.45, 7) is 3.58. The van der Waals surface area contributed by atoms with Crippen molar-refractivity contribution in [2.75, 3.05) is 5.32 Å². The fraction of sp³-hybridized carbons (Fsp3) is 0.400. The summed E-state index contributed by atoms with van der Waals surface area (Å²) in [5, 5.41) is 2.79. The van der Waals surface area contributed by atoms with Gasteiger partial charge in [0.25, 0.3) is 0 Å². The number of anilines is 1. The highest BCUT2D eigenvalue weighted by Gasteiger charge is 2.36. The summed E-state index contributed by atoms with van der Waals surface area (Å²) >= 11 is 0. The second kappa shape index (κ2) is 5.86. The number of carbonyl (C=O) groups excluding carboxylic acids is 3. The molecular formula is C15H18N2O3. The summed E-state index contributed by atoms with van der Waals surface area (Å²) in [5.41, 5.74) is 1.75. The molecule has 0 unspecified atom stereocenters. The average Bonchev–Trinajstić information content (AvgIpc) is 2.78. The predicted octanol–water partition coefficient (Wildman–Crippen LogP) is 1.72. The molecule has 0 aromatic heterocycles.